The molecule has 1 N–H and O–H groups in total. The molecule has 2 fully saturated rings. The lowest BCUT2D eigenvalue weighted by molar-refractivity contribution is 0.0873. The minimum absolute atomic E-state index is 0.219. The second-order valence-corrected chi connectivity index (χ2v) is 7.79. The van der Waals surface area contributed by atoms with Crippen LogP contribution in [0.25, 0.3) is 0 Å². The lowest BCUT2D eigenvalue weighted by Gasteiger charge is -2.30. The first-order valence-corrected chi connectivity index (χ1v) is 8.90. The highest BCUT2D eigenvalue weighted by Crippen LogP contribution is 2.36. The zero-order chi connectivity index (χ0) is 15.9. The molecule has 0 aromatic heterocycles. The quantitative estimate of drug-likeness (QED) is 0.820. The van der Waals surface area contributed by atoms with E-state index >= 15 is 0 Å². The molecular formula is C20H29NO. The lowest BCUT2D eigenvalue weighted by Crippen LogP contribution is -2.40. The Hall–Kier alpha value is -1.15. The van der Waals surface area contributed by atoms with E-state index in [4.69, 9.17) is 0 Å². The molecule has 2 aliphatic heterocycles. The summed E-state index contributed by atoms with van der Waals surface area (Å²) in [6, 6.07) is 7.56. The highest BCUT2D eigenvalue weighted by Gasteiger charge is 2.38. The molecule has 1 aromatic rings. The Kier molecular flexibility index (Phi) is 4.40. The van der Waals surface area contributed by atoms with Crippen molar-refractivity contribution < 1.29 is 4.79 Å². The number of carbonyl (C=O) groups excluding carboxylic acids is 1. The number of rotatable bonds is 4. The molecule has 0 amide bonds. The van der Waals surface area contributed by atoms with Crippen molar-refractivity contribution >= 4 is 5.78 Å². The van der Waals surface area contributed by atoms with E-state index in [-0.39, 0.29) is 5.92 Å². The monoisotopic (exact) mass is 299 g/mol. The van der Waals surface area contributed by atoms with Crippen LogP contribution in [-0.4, -0.2) is 17.9 Å². The maximum atomic E-state index is 13.3. The Morgan fingerprint density at radius 3 is 1.95 bits per heavy atom. The molecule has 2 saturated heterocycles. The summed E-state index contributed by atoms with van der Waals surface area (Å²) >= 11 is 0. The summed E-state index contributed by atoms with van der Waals surface area (Å²) in [4.78, 5) is 13.3. The molecule has 2 aliphatic rings. The van der Waals surface area contributed by atoms with Gasteiger partial charge in [-0.25, -0.2) is 0 Å². The number of ketones is 1. The minimum Gasteiger partial charge on any atom is -0.311 e. The third-order valence-electron chi connectivity index (χ3n) is 5.46. The summed E-state index contributed by atoms with van der Waals surface area (Å²) < 4.78 is 0. The van der Waals surface area contributed by atoms with E-state index in [1.54, 1.807) is 0 Å². The van der Waals surface area contributed by atoms with E-state index in [0.29, 0.717) is 29.7 Å². The maximum absolute atomic E-state index is 13.3. The fourth-order valence-electron chi connectivity index (χ4n) is 4.31. The summed E-state index contributed by atoms with van der Waals surface area (Å²) in [5.41, 5.74) is 3.52. The van der Waals surface area contributed by atoms with Crippen LogP contribution >= 0.6 is 0 Å². The molecule has 2 heteroatoms. The molecule has 0 radical (unpaired) electrons. The van der Waals surface area contributed by atoms with Gasteiger partial charge in [-0.3, -0.25) is 4.79 Å². The molecule has 120 valence electrons. The summed E-state index contributed by atoms with van der Waals surface area (Å²) in [5.74, 6) is 1.43. The SMILES string of the molecule is CC(C)c1cccc(C(C)C)c1C(=O)C1CC2CCC(C1)N2. The van der Waals surface area contributed by atoms with E-state index in [0.717, 1.165) is 18.4 Å². The van der Waals surface area contributed by atoms with Crippen LogP contribution < -0.4 is 5.32 Å². The van der Waals surface area contributed by atoms with E-state index in [2.05, 4.69) is 51.2 Å². The predicted octanol–water partition coefficient (Wildman–Crippen LogP) is 4.65. The van der Waals surface area contributed by atoms with Crippen LogP contribution in [0.3, 0.4) is 0 Å². The number of hydrogen-bond acceptors (Lipinski definition) is 2. The van der Waals surface area contributed by atoms with Crippen molar-refractivity contribution in [2.75, 3.05) is 0 Å². The van der Waals surface area contributed by atoms with Gasteiger partial charge in [0.2, 0.25) is 0 Å². The van der Waals surface area contributed by atoms with Crippen LogP contribution in [0.4, 0.5) is 0 Å². The van der Waals surface area contributed by atoms with Crippen molar-refractivity contribution in [1.82, 2.24) is 5.32 Å². The van der Waals surface area contributed by atoms with Crippen LogP contribution in [0.5, 0.6) is 0 Å². The first-order chi connectivity index (χ1) is 10.5. The molecule has 2 atom stereocenters. The number of fused-ring (bicyclic) bond motifs is 2. The topological polar surface area (TPSA) is 29.1 Å². The van der Waals surface area contributed by atoms with Gasteiger partial charge in [-0.1, -0.05) is 45.9 Å². The summed E-state index contributed by atoms with van der Waals surface area (Å²) in [7, 11) is 0. The average molecular weight is 299 g/mol. The van der Waals surface area contributed by atoms with Gasteiger partial charge in [-0.15, -0.1) is 0 Å². The fraction of sp³-hybridized carbons (Fsp3) is 0.650. The molecule has 1 aromatic carbocycles. The first-order valence-electron chi connectivity index (χ1n) is 8.90. The van der Waals surface area contributed by atoms with Crippen molar-refractivity contribution in [2.45, 2.75) is 77.3 Å². The van der Waals surface area contributed by atoms with E-state index in [9.17, 15) is 4.79 Å². The Morgan fingerprint density at radius 2 is 1.50 bits per heavy atom. The van der Waals surface area contributed by atoms with Gasteiger partial charge in [0.25, 0.3) is 0 Å². The van der Waals surface area contributed by atoms with E-state index in [1.807, 2.05) is 0 Å². The molecular weight excluding hydrogens is 270 g/mol. The number of carbonyl (C=O) groups is 1. The highest BCUT2D eigenvalue weighted by molar-refractivity contribution is 6.01. The number of benzene rings is 1. The van der Waals surface area contributed by atoms with Crippen LogP contribution in [-0.2, 0) is 0 Å². The molecule has 3 rings (SSSR count). The molecule has 0 spiro atoms. The van der Waals surface area contributed by atoms with E-state index in [1.165, 1.54) is 24.0 Å². The molecule has 2 nitrogen and oxygen atoms in total. The summed E-state index contributed by atoms with van der Waals surface area (Å²) in [5, 5.41) is 3.65. The van der Waals surface area contributed by atoms with Gasteiger partial charge < -0.3 is 5.32 Å². The number of nitrogens with one attached hydrogen (secondary N) is 1. The average Bonchev–Trinajstić information content (AvgIpc) is 2.83. The van der Waals surface area contributed by atoms with Gasteiger partial charge in [-0.05, 0) is 48.6 Å². The summed E-state index contributed by atoms with van der Waals surface area (Å²) in [6.45, 7) is 8.79. The zero-order valence-corrected chi connectivity index (χ0v) is 14.4. The van der Waals surface area contributed by atoms with Gasteiger partial charge in [0.05, 0.1) is 0 Å². The molecule has 22 heavy (non-hydrogen) atoms. The Morgan fingerprint density at radius 1 is 1.00 bits per heavy atom. The van der Waals surface area contributed by atoms with Crippen LogP contribution in [0, 0.1) is 5.92 Å². The second-order valence-electron chi connectivity index (χ2n) is 7.79. The fourth-order valence-corrected chi connectivity index (χ4v) is 4.31. The first kappa shape index (κ1) is 15.7. The predicted molar refractivity (Wildman–Crippen MR) is 91.6 cm³/mol. The molecule has 0 aliphatic carbocycles. The van der Waals surface area contributed by atoms with Gasteiger partial charge in [0.15, 0.2) is 5.78 Å². The second kappa shape index (κ2) is 6.16. The van der Waals surface area contributed by atoms with Crippen molar-refractivity contribution in [2.24, 2.45) is 5.92 Å². The molecule has 2 unspecified atom stereocenters. The van der Waals surface area contributed by atoms with Gasteiger partial charge in [0, 0.05) is 23.6 Å². The highest BCUT2D eigenvalue weighted by atomic mass is 16.1. The van der Waals surface area contributed by atoms with Crippen LogP contribution in [0.15, 0.2) is 18.2 Å². The van der Waals surface area contributed by atoms with Crippen LogP contribution in [0.1, 0.15) is 86.7 Å². The Balaban J connectivity index is 1.97. The summed E-state index contributed by atoms with van der Waals surface area (Å²) in [6.07, 6.45) is 4.55. The van der Waals surface area contributed by atoms with Crippen molar-refractivity contribution in [3.63, 3.8) is 0 Å². The third-order valence-corrected chi connectivity index (χ3v) is 5.46. The minimum atomic E-state index is 0.219. The van der Waals surface area contributed by atoms with Gasteiger partial charge in [0.1, 0.15) is 0 Å². The standard InChI is InChI=1S/C20H29NO/c1-12(2)17-6-5-7-18(13(3)4)19(17)20(22)14-10-15-8-9-16(11-14)21-15/h5-7,12-16,21H,8-11H2,1-4H3. The van der Waals surface area contributed by atoms with Gasteiger partial charge >= 0.3 is 0 Å². The zero-order valence-electron chi connectivity index (χ0n) is 14.4. The lowest BCUT2D eigenvalue weighted by atomic mass is 9.79. The number of Topliss-reactive ketones (excluding diaryl/α,β-unsaturated/α-hetero) is 1. The smallest absolute Gasteiger partial charge is 0.166 e. The van der Waals surface area contributed by atoms with Crippen molar-refractivity contribution in [3.05, 3.63) is 34.9 Å². The Labute approximate surface area is 134 Å². The maximum Gasteiger partial charge on any atom is 0.166 e. The van der Waals surface area contributed by atoms with E-state index < -0.39 is 0 Å². The number of piperidine rings is 1. The third kappa shape index (κ3) is 2.86. The normalized spacial score (nSPS) is 27.6. The van der Waals surface area contributed by atoms with Crippen molar-refractivity contribution in [1.29, 1.82) is 0 Å². The van der Waals surface area contributed by atoms with Crippen LogP contribution in [0.2, 0.25) is 0 Å². The largest absolute Gasteiger partial charge is 0.311 e. The Bertz CT molecular complexity index is 523. The molecule has 2 heterocycles. The molecule has 2 bridgehead atoms. The number of hydrogen-bond donors (Lipinski definition) is 1. The van der Waals surface area contributed by atoms with Crippen molar-refractivity contribution in [3.8, 4) is 0 Å². The molecule has 0 saturated carbocycles. The van der Waals surface area contributed by atoms with Gasteiger partial charge in [-0.2, -0.15) is 0 Å².